The Balaban J connectivity index is 1.57. The molecule has 0 radical (unpaired) electrons. The molecule has 5 nitrogen and oxygen atoms in total. The second-order valence-corrected chi connectivity index (χ2v) is 9.27. The van der Waals surface area contributed by atoms with E-state index in [0.717, 1.165) is 18.4 Å². The Morgan fingerprint density at radius 1 is 1.10 bits per heavy atom. The monoisotopic (exact) mass is 438 g/mol. The zero-order valence-corrected chi connectivity index (χ0v) is 18.4. The third-order valence-electron chi connectivity index (χ3n) is 5.62. The first-order valence-corrected chi connectivity index (χ1v) is 11.7. The summed E-state index contributed by atoms with van der Waals surface area (Å²) in [6.07, 6.45) is 5.68. The molecule has 1 aliphatic carbocycles. The normalized spacial score (nSPS) is 15.5. The summed E-state index contributed by atoms with van der Waals surface area (Å²) in [5.41, 5.74) is 1.46. The van der Waals surface area contributed by atoms with E-state index in [1.165, 1.54) is 37.1 Å². The van der Waals surface area contributed by atoms with Gasteiger partial charge in [-0.2, -0.15) is 0 Å². The molecule has 3 aromatic rings. The Labute approximate surface area is 186 Å². The minimum atomic E-state index is -0.344. The molecule has 4 rings (SSSR count). The number of hydrogen-bond donors (Lipinski definition) is 1. The lowest BCUT2D eigenvalue weighted by Crippen LogP contribution is -2.40. The Kier molecular flexibility index (Phi) is 7.02. The number of benzene rings is 2. The number of aromatic nitrogens is 3. The van der Waals surface area contributed by atoms with Crippen molar-refractivity contribution < 1.29 is 9.18 Å². The molecule has 1 aromatic heterocycles. The predicted molar refractivity (Wildman–Crippen MR) is 121 cm³/mol. The van der Waals surface area contributed by atoms with Crippen LogP contribution in [-0.2, 0) is 11.3 Å². The molecule has 1 N–H and O–H groups in total. The Hall–Kier alpha value is -2.67. The van der Waals surface area contributed by atoms with E-state index in [9.17, 15) is 9.18 Å². The van der Waals surface area contributed by atoms with Gasteiger partial charge in [0.15, 0.2) is 11.0 Å². The largest absolute Gasteiger partial charge is 0.352 e. The molecule has 31 heavy (non-hydrogen) atoms. The number of carbonyl (C=O) groups is 1. The van der Waals surface area contributed by atoms with Gasteiger partial charge in [0.1, 0.15) is 5.82 Å². The maximum absolute atomic E-state index is 14.5. The lowest BCUT2D eigenvalue weighted by molar-refractivity contribution is -0.121. The van der Waals surface area contributed by atoms with Crippen molar-refractivity contribution in [3.8, 4) is 11.4 Å². The molecule has 1 heterocycles. The van der Waals surface area contributed by atoms with Crippen LogP contribution in [0, 0.1) is 5.82 Å². The first-order chi connectivity index (χ1) is 15.1. The van der Waals surface area contributed by atoms with Crippen LogP contribution in [0.25, 0.3) is 11.4 Å². The van der Waals surface area contributed by atoms with Gasteiger partial charge in [0.05, 0.1) is 17.4 Å². The maximum atomic E-state index is 14.5. The van der Waals surface area contributed by atoms with E-state index in [0.29, 0.717) is 23.1 Å². The summed E-state index contributed by atoms with van der Waals surface area (Å²) in [5, 5.41) is 12.1. The van der Waals surface area contributed by atoms with Crippen molar-refractivity contribution in [3.05, 3.63) is 66.0 Å². The van der Waals surface area contributed by atoms with E-state index < -0.39 is 0 Å². The third-order valence-corrected chi connectivity index (χ3v) is 6.70. The van der Waals surface area contributed by atoms with Crippen molar-refractivity contribution in [1.82, 2.24) is 20.1 Å². The summed E-state index contributed by atoms with van der Waals surface area (Å²) in [4.78, 5) is 12.8. The van der Waals surface area contributed by atoms with Gasteiger partial charge >= 0.3 is 0 Å². The number of rotatable bonds is 7. The summed E-state index contributed by atoms with van der Waals surface area (Å²) in [6.45, 7) is 2.38. The lowest BCUT2D eigenvalue weighted by Gasteiger charge is -2.24. The number of halogens is 1. The molecule has 0 aliphatic heterocycles. The van der Waals surface area contributed by atoms with Crippen molar-refractivity contribution in [2.75, 3.05) is 0 Å². The molecule has 1 amide bonds. The Morgan fingerprint density at radius 3 is 2.55 bits per heavy atom. The zero-order valence-electron chi connectivity index (χ0n) is 17.6. The van der Waals surface area contributed by atoms with E-state index in [1.807, 2.05) is 41.8 Å². The highest BCUT2D eigenvalue weighted by Gasteiger charge is 2.24. The average molecular weight is 439 g/mol. The van der Waals surface area contributed by atoms with Crippen LogP contribution in [0.2, 0.25) is 0 Å². The van der Waals surface area contributed by atoms with Gasteiger partial charge in [-0.15, -0.1) is 10.2 Å². The number of amides is 1. The zero-order chi connectivity index (χ0) is 21.6. The van der Waals surface area contributed by atoms with E-state index in [4.69, 9.17) is 0 Å². The second kappa shape index (κ2) is 10.1. The minimum absolute atomic E-state index is 0.0126. The summed E-state index contributed by atoms with van der Waals surface area (Å²) >= 11 is 1.36. The van der Waals surface area contributed by atoms with Crippen molar-refractivity contribution in [2.45, 2.75) is 62.0 Å². The highest BCUT2D eigenvalue weighted by atomic mass is 32.2. The molecule has 1 atom stereocenters. The van der Waals surface area contributed by atoms with Crippen molar-refractivity contribution in [3.63, 3.8) is 0 Å². The molecule has 1 saturated carbocycles. The van der Waals surface area contributed by atoms with E-state index in [-0.39, 0.29) is 23.0 Å². The van der Waals surface area contributed by atoms with Crippen LogP contribution in [0.15, 0.2) is 59.8 Å². The first kappa shape index (κ1) is 21.6. The molecule has 1 unspecified atom stereocenters. The van der Waals surface area contributed by atoms with Crippen molar-refractivity contribution >= 4 is 17.7 Å². The molecule has 1 aliphatic rings. The third kappa shape index (κ3) is 5.34. The maximum Gasteiger partial charge on any atom is 0.233 e. The predicted octanol–water partition coefficient (Wildman–Crippen LogP) is 5.06. The Morgan fingerprint density at radius 2 is 1.81 bits per heavy atom. The van der Waals surface area contributed by atoms with Crippen LogP contribution in [0.1, 0.15) is 44.6 Å². The first-order valence-electron chi connectivity index (χ1n) is 10.8. The quantitative estimate of drug-likeness (QED) is 0.524. The number of nitrogens with one attached hydrogen (secondary N) is 1. The molecular weight excluding hydrogens is 411 g/mol. The smallest absolute Gasteiger partial charge is 0.233 e. The fourth-order valence-electron chi connectivity index (χ4n) is 3.90. The number of nitrogens with zero attached hydrogens (tertiary/aromatic N) is 3. The van der Waals surface area contributed by atoms with Crippen LogP contribution in [0.3, 0.4) is 0 Å². The van der Waals surface area contributed by atoms with Crippen LogP contribution < -0.4 is 5.32 Å². The average Bonchev–Trinajstić information content (AvgIpc) is 3.17. The number of thioether (sulfide) groups is 1. The minimum Gasteiger partial charge on any atom is -0.352 e. The Bertz CT molecular complexity index is 1020. The molecule has 0 spiro atoms. The molecular formula is C24H27FN4OS. The topological polar surface area (TPSA) is 59.8 Å². The van der Waals surface area contributed by atoms with Crippen LogP contribution in [0.5, 0.6) is 0 Å². The summed E-state index contributed by atoms with van der Waals surface area (Å²) < 4.78 is 16.4. The molecule has 7 heteroatoms. The van der Waals surface area contributed by atoms with Gasteiger partial charge in [-0.1, -0.05) is 73.5 Å². The van der Waals surface area contributed by atoms with Crippen molar-refractivity contribution in [2.24, 2.45) is 0 Å². The van der Waals surface area contributed by atoms with Gasteiger partial charge in [0, 0.05) is 6.04 Å². The second-order valence-electron chi connectivity index (χ2n) is 7.96. The van der Waals surface area contributed by atoms with E-state index in [1.54, 1.807) is 18.2 Å². The summed E-state index contributed by atoms with van der Waals surface area (Å²) in [6, 6.07) is 16.7. The number of carbonyl (C=O) groups excluding carboxylic acids is 1. The molecule has 2 aromatic carbocycles. The van der Waals surface area contributed by atoms with Gasteiger partial charge in [-0.05, 0) is 37.5 Å². The molecule has 0 bridgehead atoms. The molecule has 1 fully saturated rings. The summed E-state index contributed by atoms with van der Waals surface area (Å²) in [5.74, 6) is 0.131. The van der Waals surface area contributed by atoms with Crippen molar-refractivity contribution in [1.29, 1.82) is 0 Å². The summed E-state index contributed by atoms with van der Waals surface area (Å²) in [7, 11) is 0. The highest BCUT2D eigenvalue weighted by molar-refractivity contribution is 8.00. The van der Waals surface area contributed by atoms with Gasteiger partial charge in [-0.25, -0.2) is 4.39 Å². The molecule has 162 valence electrons. The fourth-order valence-corrected chi connectivity index (χ4v) is 4.76. The van der Waals surface area contributed by atoms with Gasteiger partial charge < -0.3 is 5.32 Å². The van der Waals surface area contributed by atoms with Crippen LogP contribution in [-0.4, -0.2) is 32.0 Å². The molecule has 0 saturated heterocycles. The lowest BCUT2D eigenvalue weighted by atomic mass is 9.95. The van der Waals surface area contributed by atoms with E-state index in [2.05, 4.69) is 15.5 Å². The fraction of sp³-hybridized carbons (Fsp3) is 0.375. The van der Waals surface area contributed by atoms with Gasteiger partial charge in [0.2, 0.25) is 5.91 Å². The van der Waals surface area contributed by atoms with E-state index >= 15 is 0 Å². The highest BCUT2D eigenvalue weighted by Crippen LogP contribution is 2.29. The number of hydrogen-bond acceptors (Lipinski definition) is 4. The van der Waals surface area contributed by atoms with Gasteiger partial charge in [0.25, 0.3) is 0 Å². The van der Waals surface area contributed by atoms with Crippen LogP contribution in [0.4, 0.5) is 4.39 Å². The SMILES string of the molecule is CC(Sc1nnc(-c2ccccc2F)n1Cc1ccccc1)C(=O)NC1CCCCC1. The van der Waals surface area contributed by atoms with Crippen LogP contribution >= 0.6 is 11.8 Å². The van der Waals surface area contributed by atoms with Gasteiger partial charge in [-0.3, -0.25) is 9.36 Å². The standard InChI is InChI=1S/C24H27FN4OS/c1-17(23(30)26-19-12-6-3-7-13-19)31-24-28-27-22(20-14-8-9-15-21(20)25)29(24)16-18-10-4-2-5-11-18/h2,4-5,8-11,14-15,17,19H,3,6-7,12-13,16H2,1H3,(H,26,30).